The quantitative estimate of drug-likeness (QED) is 0.463. The Morgan fingerprint density at radius 1 is 1.55 bits per heavy atom. The molecule has 0 unspecified atom stereocenters. The van der Waals surface area contributed by atoms with E-state index in [-0.39, 0.29) is 5.76 Å². The van der Waals surface area contributed by atoms with E-state index in [0.717, 1.165) is 11.0 Å². The summed E-state index contributed by atoms with van der Waals surface area (Å²) in [6, 6.07) is 3.35. The molecule has 0 fully saturated rings. The first-order chi connectivity index (χ1) is 9.65. The first-order valence-electron chi connectivity index (χ1n) is 5.96. The summed E-state index contributed by atoms with van der Waals surface area (Å²) in [5.41, 5.74) is 0. The highest BCUT2D eigenvalue weighted by atomic mass is 32.2. The topological polar surface area (TPSA) is 70.2 Å². The molecule has 0 saturated carbocycles. The minimum Gasteiger partial charge on any atom is -0.463 e. The van der Waals surface area contributed by atoms with Gasteiger partial charge in [-0.25, -0.2) is 4.79 Å². The number of hydrogen-bond acceptors (Lipinski definition) is 6. The lowest BCUT2D eigenvalue weighted by atomic mass is 10.4. The maximum absolute atomic E-state index is 11.3. The highest BCUT2D eigenvalue weighted by molar-refractivity contribution is 7.98. The van der Waals surface area contributed by atoms with Crippen molar-refractivity contribution in [2.45, 2.75) is 24.4 Å². The Morgan fingerprint density at radius 2 is 2.35 bits per heavy atom. The number of aromatic nitrogens is 3. The lowest BCUT2D eigenvalue weighted by molar-refractivity contribution is 0.0563. The first kappa shape index (κ1) is 14.4. The summed E-state index contributed by atoms with van der Waals surface area (Å²) < 4.78 is 11.9. The number of carbonyl (C=O) groups excluding carboxylic acids is 1. The van der Waals surface area contributed by atoms with Gasteiger partial charge in [0.2, 0.25) is 5.76 Å². The molecule has 0 aromatic carbocycles. The Labute approximate surface area is 120 Å². The molecule has 0 aliphatic rings. The van der Waals surface area contributed by atoms with Gasteiger partial charge in [-0.15, -0.1) is 16.8 Å². The molecular weight excluding hydrogens is 278 g/mol. The second-order valence-electron chi connectivity index (χ2n) is 3.98. The van der Waals surface area contributed by atoms with Crippen molar-refractivity contribution in [2.75, 3.05) is 7.11 Å². The zero-order chi connectivity index (χ0) is 14.5. The molecule has 0 saturated heterocycles. The van der Waals surface area contributed by atoms with Gasteiger partial charge in [0.15, 0.2) is 5.16 Å². The van der Waals surface area contributed by atoms with E-state index < -0.39 is 5.97 Å². The van der Waals surface area contributed by atoms with E-state index in [9.17, 15) is 4.79 Å². The average Bonchev–Trinajstić information content (AvgIpc) is 3.05. The maximum Gasteiger partial charge on any atom is 0.373 e. The van der Waals surface area contributed by atoms with Gasteiger partial charge in [-0.1, -0.05) is 17.8 Å². The number of allylic oxidation sites excluding steroid dienone is 1. The molecule has 0 aliphatic heterocycles. The van der Waals surface area contributed by atoms with Crippen LogP contribution in [0.15, 0.2) is 34.4 Å². The zero-order valence-electron chi connectivity index (χ0n) is 11.3. The Hall–Kier alpha value is -2.02. The number of nitrogens with zero attached hydrogens (tertiary/aromatic N) is 3. The minimum absolute atomic E-state index is 0.201. The zero-order valence-corrected chi connectivity index (χ0v) is 12.1. The number of aryl methyl sites for hydroxylation is 1. The molecule has 0 atom stereocenters. The third kappa shape index (κ3) is 3.11. The van der Waals surface area contributed by atoms with Gasteiger partial charge in [0.1, 0.15) is 11.6 Å². The van der Waals surface area contributed by atoms with Crippen LogP contribution < -0.4 is 0 Å². The number of esters is 1. The van der Waals surface area contributed by atoms with Gasteiger partial charge in [-0.05, 0) is 19.1 Å². The number of rotatable bonds is 6. The van der Waals surface area contributed by atoms with E-state index in [1.165, 1.54) is 18.9 Å². The number of hydrogen-bond donors (Lipinski definition) is 0. The Kier molecular flexibility index (Phi) is 4.62. The van der Waals surface area contributed by atoms with Gasteiger partial charge in [0.05, 0.1) is 12.9 Å². The van der Waals surface area contributed by atoms with E-state index in [4.69, 9.17) is 4.42 Å². The third-order valence-electron chi connectivity index (χ3n) is 2.61. The van der Waals surface area contributed by atoms with Crippen LogP contribution in [0.3, 0.4) is 0 Å². The van der Waals surface area contributed by atoms with Crippen molar-refractivity contribution >= 4 is 17.7 Å². The number of carbonyl (C=O) groups is 1. The number of furan rings is 1. The molecule has 0 spiro atoms. The smallest absolute Gasteiger partial charge is 0.373 e. The molecule has 2 aromatic rings. The maximum atomic E-state index is 11.3. The van der Waals surface area contributed by atoms with Crippen LogP contribution in [-0.4, -0.2) is 27.8 Å². The molecule has 0 amide bonds. The highest BCUT2D eigenvalue weighted by Gasteiger charge is 2.13. The van der Waals surface area contributed by atoms with Gasteiger partial charge in [0.25, 0.3) is 0 Å². The normalized spacial score (nSPS) is 10.5. The van der Waals surface area contributed by atoms with E-state index in [2.05, 4.69) is 21.5 Å². The van der Waals surface area contributed by atoms with Gasteiger partial charge in [-0.3, -0.25) is 0 Å². The van der Waals surface area contributed by atoms with Crippen molar-refractivity contribution in [3.05, 3.63) is 42.1 Å². The molecule has 6 nitrogen and oxygen atoms in total. The predicted molar refractivity (Wildman–Crippen MR) is 74.6 cm³/mol. The molecule has 2 aromatic heterocycles. The van der Waals surface area contributed by atoms with Crippen LogP contribution in [0.1, 0.15) is 22.1 Å². The number of methoxy groups -OCH3 is 1. The molecule has 106 valence electrons. The summed E-state index contributed by atoms with van der Waals surface area (Å²) in [4.78, 5) is 11.3. The highest BCUT2D eigenvalue weighted by Crippen LogP contribution is 2.23. The molecule has 2 rings (SSSR count). The van der Waals surface area contributed by atoms with Crippen LogP contribution in [0.25, 0.3) is 0 Å². The summed E-state index contributed by atoms with van der Waals surface area (Å²) in [6.07, 6.45) is 1.79. The Balaban J connectivity index is 2.03. The summed E-state index contributed by atoms with van der Waals surface area (Å²) in [5, 5.41) is 8.93. The van der Waals surface area contributed by atoms with Crippen LogP contribution in [-0.2, 0) is 17.0 Å². The first-order valence-corrected chi connectivity index (χ1v) is 6.94. The lowest BCUT2D eigenvalue weighted by Gasteiger charge is -2.03. The fraction of sp³-hybridized carbons (Fsp3) is 0.308. The van der Waals surface area contributed by atoms with Crippen molar-refractivity contribution in [3.63, 3.8) is 0 Å². The van der Waals surface area contributed by atoms with E-state index >= 15 is 0 Å². The predicted octanol–water partition coefficient (Wildman–Crippen LogP) is 2.44. The van der Waals surface area contributed by atoms with Crippen molar-refractivity contribution in [1.29, 1.82) is 0 Å². The lowest BCUT2D eigenvalue weighted by Crippen LogP contribution is -2.00. The summed E-state index contributed by atoms with van der Waals surface area (Å²) in [7, 11) is 1.32. The fourth-order valence-electron chi connectivity index (χ4n) is 1.61. The van der Waals surface area contributed by atoms with E-state index in [0.29, 0.717) is 18.1 Å². The SMILES string of the molecule is C=CCn1c(C)nnc1SCc1ccc(C(=O)OC)o1. The van der Waals surface area contributed by atoms with Gasteiger partial charge in [0, 0.05) is 6.54 Å². The molecule has 0 N–H and O–H groups in total. The summed E-state index contributed by atoms with van der Waals surface area (Å²) in [5.74, 6) is 1.80. The summed E-state index contributed by atoms with van der Waals surface area (Å²) in [6.45, 7) is 6.26. The average molecular weight is 293 g/mol. The Bertz CT molecular complexity index is 618. The van der Waals surface area contributed by atoms with Gasteiger partial charge in [-0.2, -0.15) is 0 Å². The van der Waals surface area contributed by atoms with Gasteiger partial charge >= 0.3 is 5.97 Å². The second kappa shape index (κ2) is 6.42. The molecule has 2 heterocycles. The van der Waals surface area contributed by atoms with Gasteiger partial charge < -0.3 is 13.7 Å². The van der Waals surface area contributed by atoms with Crippen LogP contribution in [0, 0.1) is 6.92 Å². The molecule has 7 heteroatoms. The molecule has 0 aliphatic carbocycles. The standard InChI is InChI=1S/C13H15N3O3S/c1-4-7-16-9(2)14-15-13(16)20-8-10-5-6-11(19-10)12(17)18-3/h4-6H,1,7-8H2,2-3H3. The van der Waals surface area contributed by atoms with Crippen molar-refractivity contribution in [3.8, 4) is 0 Å². The van der Waals surface area contributed by atoms with Crippen LogP contribution >= 0.6 is 11.8 Å². The second-order valence-corrected chi connectivity index (χ2v) is 4.92. The number of ether oxygens (including phenoxy) is 1. The molecule has 20 heavy (non-hydrogen) atoms. The summed E-state index contributed by atoms with van der Waals surface area (Å²) >= 11 is 1.49. The van der Waals surface area contributed by atoms with Crippen molar-refractivity contribution in [1.82, 2.24) is 14.8 Å². The third-order valence-corrected chi connectivity index (χ3v) is 3.59. The van der Waals surface area contributed by atoms with Crippen molar-refractivity contribution < 1.29 is 13.9 Å². The van der Waals surface area contributed by atoms with Crippen LogP contribution in [0.2, 0.25) is 0 Å². The monoisotopic (exact) mass is 293 g/mol. The van der Waals surface area contributed by atoms with E-state index in [1.54, 1.807) is 18.2 Å². The number of thioether (sulfide) groups is 1. The molecular formula is C13H15N3O3S. The van der Waals surface area contributed by atoms with E-state index in [1.807, 2.05) is 11.5 Å². The fourth-order valence-corrected chi connectivity index (χ4v) is 2.50. The van der Waals surface area contributed by atoms with Crippen LogP contribution in [0.5, 0.6) is 0 Å². The molecule has 0 radical (unpaired) electrons. The van der Waals surface area contributed by atoms with Crippen LogP contribution in [0.4, 0.5) is 0 Å². The largest absolute Gasteiger partial charge is 0.463 e. The van der Waals surface area contributed by atoms with Crippen molar-refractivity contribution in [2.24, 2.45) is 0 Å². The molecule has 0 bridgehead atoms. The Morgan fingerprint density at radius 3 is 3.05 bits per heavy atom. The minimum atomic E-state index is -0.480.